The van der Waals surface area contributed by atoms with E-state index >= 15 is 0 Å². The van der Waals surface area contributed by atoms with Gasteiger partial charge in [-0.15, -0.1) is 0 Å². The second-order valence-corrected chi connectivity index (χ2v) is 8.11. The van der Waals surface area contributed by atoms with Gasteiger partial charge in [0.2, 0.25) is 0 Å². The highest BCUT2D eigenvalue weighted by atomic mass is 16.2. The van der Waals surface area contributed by atoms with Gasteiger partial charge in [-0.3, -0.25) is 9.59 Å². The Hall–Kier alpha value is -3.09. The van der Waals surface area contributed by atoms with E-state index in [1.165, 1.54) is 4.90 Å². The summed E-state index contributed by atoms with van der Waals surface area (Å²) in [7, 11) is 1.82. The van der Waals surface area contributed by atoms with Crippen LogP contribution in [0, 0.1) is 0 Å². The minimum atomic E-state index is -0.528. The summed E-state index contributed by atoms with van der Waals surface area (Å²) in [4.78, 5) is 41.3. The molecule has 152 valence electrons. The number of hydrogen-bond donors (Lipinski definition) is 1. The number of aromatic nitrogens is 1. The quantitative estimate of drug-likeness (QED) is 0.811. The van der Waals surface area contributed by atoms with E-state index in [0.29, 0.717) is 36.7 Å². The molecule has 1 N–H and O–H groups in total. The first-order valence-electron chi connectivity index (χ1n) is 10.0. The molecule has 1 aromatic carbocycles. The molecule has 0 bridgehead atoms. The number of amides is 4. The normalized spacial score (nSPS) is 21.7. The number of nitrogens with zero attached hydrogens (tertiary/aromatic N) is 3. The summed E-state index contributed by atoms with van der Waals surface area (Å²) >= 11 is 0. The Morgan fingerprint density at radius 1 is 1.14 bits per heavy atom. The highest BCUT2D eigenvalue weighted by molar-refractivity contribution is 6.21. The topological polar surface area (TPSA) is 74.7 Å². The van der Waals surface area contributed by atoms with Gasteiger partial charge in [0.15, 0.2) is 0 Å². The third kappa shape index (κ3) is 3.41. The van der Waals surface area contributed by atoms with Crippen molar-refractivity contribution < 1.29 is 14.4 Å². The molecule has 2 saturated heterocycles. The molecule has 2 fully saturated rings. The largest absolute Gasteiger partial charge is 0.348 e. The van der Waals surface area contributed by atoms with Crippen molar-refractivity contribution in [1.82, 2.24) is 14.8 Å². The third-order valence-corrected chi connectivity index (χ3v) is 5.87. The van der Waals surface area contributed by atoms with Crippen LogP contribution in [0.2, 0.25) is 0 Å². The molecule has 0 saturated carbocycles. The van der Waals surface area contributed by atoms with E-state index in [-0.39, 0.29) is 23.9 Å². The second-order valence-electron chi connectivity index (χ2n) is 8.11. The number of fused-ring (bicyclic) bond motifs is 1. The third-order valence-electron chi connectivity index (χ3n) is 5.87. The fourth-order valence-corrected chi connectivity index (χ4v) is 4.13. The van der Waals surface area contributed by atoms with Gasteiger partial charge in [-0.2, -0.15) is 0 Å². The summed E-state index contributed by atoms with van der Waals surface area (Å²) in [6.45, 7) is 4.66. The number of nitrogens with one attached hydrogen (secondary N) is 1. The van der Waals surface area contributed by atoms with E-state index < -0.39 is 6.04 Å². The average Bonchev–Trinajstić information content (AvgIpc) is 3.23. The van der Waals surface area contributed by atoms with Crippen LogP contribution in [0.1, 0.15) is 48.7 Å². The van der Waals surface area contributed by atoms with E-state index in [0.717, 1.165) is 5.56 Å². The summed E-state index contributed by atoms with van der Waals surface area (Å²) in [6.07, 6.45) is 2.88. The molecule has 0 radical (unpaired) electrons. The smallest absolute Gasteiger partial charge is 0.332 e. The highest BCUT2D eigenvalue weighted by Crippen LogP contribution is 2.31. The van der Waals surface area contributed by atoms with Gasteiger partial charge in [0.05, 0.1) is 5.69 Å². The number of piperidine rings is 1. The monoisotopic (exact) mass is 394 g/mol. The maximum absolute atomic E-state index is 13.0. The Morgan fingerprint density at radius 2 is 1.86 bits per heavy atom. The van der Waals surface area contributed by atoms with Crippen molar-refractivity contribution in [2.45, 2.75) is 44.7 Å². The molecule has 0 aliphatic carbocycles. The van der Waals surface area contributed by atoms with Crippen LogP contribution >= 0.6 is 0 Å². The molecule has 2 aromatic rings. The van der Waals surface area contributed by atoms with Crippen molar-refractivity contribution in [2.24, 2.45) is 7.05 Å². The lowest BCUT2D eigenvalue weighted by molar-refractivity contribution is -0.120. The molecule has 29 heavy (non-hydrogen) atoms. The lowest BCUT2D eigenvalue weighted by Gasteiger charge is -2.32. The maximum Gasteiger partial charge on any atom is 0.332 e. The fourth-order valence-electron chi connectivity index (χ4n) is 4.13. The Kier molecular flexibility index (Phi) is 4.90. The van der Waals surface area contributed by atoms with Crippen LogP contribution in [0.5, 0.6) is 0 Å². The van der Waals surface area contributed by atoms with Crippen molar-refractivity contribution in [1.29, 1.82) is 0 Å². The van der Waals surface area contributed by atoms with Gasteiger partial charge < -0.3 is 14.8 Å². The van der Waals surface area contributed by atoms with Crippen LogP contribution in [0.15, 0.2) is 42.6 Å². The summed E-state index contributed by atoms with van der Waals surface area (Å²) < 4.78 is 1.76. The van der Waals surface area contributed by atoms with Gasteiger partial charge in [-0.25, -0.2) is 9.69 Å². The van der Waals surface area contributed by atoms with Gasteiger partial charge in [-0.05, 0) is 48.6 Å². The maximum atomic E-state index is 13.0. The van der Waals surface area contributed by atoms with Crippen molar-refractivity contribution in [3.05, 3.63) is 53.9 Å². The zero-order chi connectivity index (χ0) is 20.7. The molecule has 4 amide bonds. The van der Waals surface area contributed by atoms with E-state index in [1.807, 2.05) is 43.6 Å². The summed E-state index contributed by atoms with van der Waals surface area (Å²) in [5, 5.41) is 3.02. The summed E-state index contributed by atoms with van der Waals surface area (Å²) in [6, 6.07) is 10.2. The van der Waals surface area contributed by atoms with Gasteiger partial charge >= 0.3 is 6.03 Å². The predicted molar refractivity (Wildman–Crippen MR) is 110 cm³/mol. The van der Waals surface area contributed by atoms with E-state index in [4.69, 9.17) is 0 Å². The van der Waals surface area contributed by atoms with Crippen LogP contribution in [0.3, 0.4) is 0 Å². The summed E-state index contributed by atoms with van der Waals surface area (Å²) in [5.41, 5.74) is 2.34. The second kappa shape index (κ2) is 7.39. The number of aryl methyl sites for hydroxylation is 1. The molecule has 7 heteroatoms. The number of imide groups is 1. The number of anilines is 1. The Morgan fingerprint density at radius 3 is 2.48 bits per heavy atom. The number of urea groups is 1. The average molecular weight is 394 g/mol. The van der Waals surface area contributed by atoms with Crippen LogP contribution in [0.25, 0.3) is 0 Å². The molecule has 2 atom stereocenters. The van der Waals surface area contributed by atoms with Gasteiger partial charge in [0.25, 0.3) is 11.8 Å². The van der Waals surface area contributed by atoms with Gasteiger partial charge in [0.1, 0.15) is 11.7 Å². The van der Waals surface area contributed by atoms with Crippen LogP contribution in [-0.2, 0) is 11.8 Å². The first-order chi connectivity index (χ1) is 13.9. The Bertz CT molecular complexity index is 947. The number of carbonyl (C=O) groups excluding carboxylic acids is 3. The number of carbonyl (C=O) groups is 3. The minimum Gasteiger partial charge on any atom is -0.348 e. The first kappa shape index (κ1) is 19.2. The number of hydrogen-bond acceptors (Lipinski definition) is 3. The van der Waals surface area contributed by atoms with Gasteiger partial charge in [0, 0.05) is 25.8 Å². The fraction of sp³-hybridized carbons (Fsp3) is 0.409. The van der Waals surface area contributed by atoms with Crippen LogP contribution in [0.4, 0.5) is 10.5 Å². The molecule has 2 aliphatic heterocycles. The zero-order valence-corrected chi connectivity index (χ0v) is 17.0. The predicted octanol–water partition coefficient (Wildman–Crippen LogP) is 2.88. The van der Waals surface area contributed by atoms with E-state index in [1.54, 1.807) is 15.5 Å². The van der Waals surface area contributed by atoms with Crippen molar-refractivity contribution in [2.75, 3.05) is 11.4 Å². The lowest BCUT2D eigenvalue weighted by atomic mass is 9.97. The van der Waals surface area contributed by atoms with Crippen molar-refractivity contribution >= 4 is 23.5 Å². The Balaban J connectivity index is 1.48. The minimum absolute atomic E-state index is 0.140. The van der Waals surface area contributed by atoms with E-state index in [2.05, 4.69) is 19.2 Å². The molecule has 1 aromatic heterocycles. The van der Waals surface area contributed by atoms with E-state index in [9.17, 15) is 14.4 Å². The molecular weight excluding hydrogens is 368 g/mol. The molecule has 0 unspecified atom stereocenters. The molecule has 0 spiro atoms. The van der Waals surface area contributed by atoms with Crippen molar-refractivity contribution in [3.63, 3.8) is 0 Å². The molecule has 2 aliphatic rings. The standard InChI is InChI=1S/C22H26N4O3/c1-14(2)15-6-8-17(9-7-15)26-21(28)19-13-16(10-12-25(19)22(26)29)23-20(27)18-5-4-11-24(18)3/h4-9,11,14,16,19H,10,12-13H2,1-3H3,(H,23,27)/t16-,19+/m0/s1. The first-order valence-corrected chi connectivity index (χ1v) is 10.0. The molecule has 7 nitrogen and oxygen atoms in total. The number of rotatable bonds is 4. The Labute approximate surface area is 170 Å². The van der Waals surface area contributed by atoms with Crippen LogP contribution in [-0.4, -0.2) is 45.9 Å². The van der Waals surface area contributed by atoms with Crippen LogP contribution < -0.4 is 10.2 Å². The highest BCUT2D eigenvalue weighted by Gasteiger charge is 2.48. The van der Waals surface area contributed by atoms with Gasteiger partial charge in [-0.1, -0.05) is 26.0 Å². The van der Waals surface area contributed by atoms with Crippen molar-refractivity contribution in [3.8, 4) is 0 Å². The SMILES string of the molecule is CC(C)c1ccc(N2C(=O)[C@H]3C[C@@H](NC(=O)c4cccn4C)CCN3C2=O)cc1. The molecule has 4 rings (SSSR count). The summed E-state index contributed by atoms with van der Waals surface area (Å²) in [5.74, 6) is 0.00734. The lowest BCUT2D eigenvalue weighted by Crippen LogP contribution is -2.50. The molecule has 3 heterocycles. The zero-order valence-electron chi connectivity index (χ0n) is 17.0. The number of benzene rings is 1. The molecular formula is C22H26N4O3.